The lowest BCUT2D eigenvalue weighted by atomic mass is 9.84. The summed E-state index contributed by atoms with van der Waals surface area (Å²) in [6, 6.07) is 18.6. The normalized spacial score (nSPS) is 14.6. The van der Waals surface area contributed by atoms with Crippen LogP contribution in [0, 0.1) is 0 Å². The number of carbonyl (C=O) groups is 1. The second kappa shape index (κ2) is 9.22. The van der Waals surface area contributed by atoms with Crippen molar-refractivity contribution < 1.29 is 9.53 Å². The van der Waals surface area contributed by atoms with E-state index in [0.717, 1.165) is 32.1 Å². The van der Waals surface area contributed by atoms with E-state index in [0.29, 0.717) is 12.5 Å². The molecule has 0 atom stereocenters. The van der Waals surface area contributed by atoms with E-state index < -0.39 is 0 Å². The highest BCUT2D eigenvalue weighted by atomic mass is 79.9. The van der Waals surface area contributed by atoms with Crippen molar-refractivity contribution in [1.82, 2.24) is 4.90 Å². The van der Waals surface area contributed by atoms with Crippen molar-refractivity contribution in [3.63, 3.8) is 0 Å². The third-order valence-corrected chi connectivity index (χ3v) is 7.02. The van der Waals surface area contributed by atoms with Gasteiger partial charge in [0.25, 0.3) is 5.91 Å². The Morgan fingerprint density at radius 3 is 2.47 bits per heavy atom. The number of carbonyl (C=O) groups excluding carboxylic acids is 1. The van der Waals surface area contributed by atoms with Crippen LogP contribution in [0.25, 0.3) is 10.8 Å². The number of methoxy groups -OCH3 is 1. The first-order valence-electron chi connectivity index (χ1n) is 10.7. The van der Waals surface area contributed by atoms with Gasteiger partial charge in [-0.05, 0) is 80.9 Å². The van der Waals surface area contributed by atoms with Crippen molar-refractivity contribution in [3.05, 3.63) is 75.8 Å². The van der Waals surface area contributed by atoms with Crippen LogP contribution in [-0.4, -0.2) is 25.0 Å². The number of fused-ring (bicyclic) bond motifs is 1. The van der Waals surface area contributed by atoms with Gasteiger partial charge in [-0.15, -0.1) is 0 Å². The Bertz CT molecular complexity index is 1040. The Morgan fingerprint density at radius 1 is 1.03 bits per heavy atom. The number of ether oxygens (including phenoxy) is 1. The summed E-state index contributed by atoms with van der Waals surface area (Å²) < 4.78 is 6.33. The maximum Gasteiger partial charge on any atom is 0.253 e. The van der Waals surface area contributed by atoms with Crippen LogP contribution in [0.2, 0.25) is 0 Å². The molecule has 4 heteroatoms. The molecule has 3 aromatic rings. The highest BCUT2D eigenvalue weighted by Gasteiger charge is 2.17. The molecule has 4 rings (SSSR count). The molecule has 0 bridgehead atoms. The summed E-state index contributed by atoms with van der Waals surface area (Å²) >= 11 is 3.62. The molecule has 1 aliphatic rings. The SMILES string of the molecule is COc1ccc2cc(CN(C)C(=O)c3ccc(C4CCCCC4)cc3)ccc2c1Br. The van der Waals surface area contributed by atoms with E-state index in [9.17, 15) is 4.79 Å². The van der Waals surface area contributed by atoms with Crippen molar-refractivity contribution in [3.8, 4) is 5.75 Å². The van der Waals surface area contributed by atoms with Crippen LogP contribution in [-0.2, 0) is 6.54 Å². The molecule has 3 aromatic carbocycles. The van der Waals surface area contributed by atoms with Gasteiger partial charge < -0.3 is 9.64 Å². The van der Waals surface area contributed by atoms with Crippen LogP contribution in [0.15, 0.2) is 59.1 Å². The number of benzene rings is 3. The third-order valence-electron chi connectivity index (χ3n) is 6.20. The summed E-state index contributed by atoms with van der Waals surface area (Å²) in [5.41, 5.74) is 3.24. The zero-order chi connectivity index (χ0) is 21.1. The Labute approximate surface area is 187 Å². The van der Waals surface area contributed by atoms with Gasteiger partial charge in [0.1, 0.15) is 5.75 Å². The molecule has 1 amide bonds. The fraction of sp³-hybridized carbons (Fsp3) is 0.346. The predicted octanol–water partition coefficient (Wildman–Crippen LogP) is 6.93. The summed E-state index contributed by atoms with van der Waals surface area (Å²) in [4.78, 5) is 14.7. The van der Waals surface area contributed by atoms with Gasteiger partial charge in [0.05, 0.1) is 11.6 Å². The summed E-state index contributed by atoms with van der Waals surface area (Å²) in [6.45, 7) is 0.572. The largest absolute Gasteiger partial charge is 0.496 e. The molecule has 0 spiro atoms. The highest BCUT2D eigenvalue weighted by Crippen LogP contribution is 2.34. The molecule has 30 heavy (non-hydrogen) atoms. The molecule has 0 aliphatic heterocycles. The number of hydrogen-bond acceptors (Lipinski definition) is 2. The second-order valence-corrected chi connectivity index (χ2v) is 9.05. The molecular formula is C26H28BrNO2. The minimum Gasteiger partial charge on any atom is -0.496 e. The fourth-order valence-corrected chi connectivity index (χ4v) is 5.13. The van der Waals surface area contributed by atoms with Crippen LogP contribution in [0.5, 0.6) is 5.75 Å². The zero-order valence-electron chi connectivity index (χ0n) is 17.7. The van der Waals surface area contributed by atoms with Gasteiger partial charge in [-0.2, -0.15) is 0 Å². The van der Waals surface area contributed by atoms with E-state index >= 15 is 0 Å². The molecule has 1 fully saturated rings. The monoisotopic (exact) mass is 465 g/mol. The van der Waals surface area contributed by atoms with Gasteiger partial charge in [-0.3, -0.25) is 4.79 Å². The Kier molecular flexibility index (Phi) is 6.43. The van der Waals surface area contributed by atoms with Crippen molar-refractivity contribution in [2.75, 3.05) is 14.2 Å². The molecule has 0 aromatic heterocycles. The second-order valence-electron chi connectivity index (χ2n) is 8.26. The summed E-state index contributed by atoms with van der Waals surface area (Å²) in [5, 5.41) is 2.23. The summed E-state index contributed by atoms with van der Waals surface area (Å²) in [7, 11) is 3.54. The average molecular weight is 466 g/mol. The van der Waals surface area contributed by atoms with E-state index in [1.165, 1.54) is 37.7 Å². The number of rotatable bonds is 5. The smallest absolute Gasteiger partial charge is 0.253 e. The maximum atomic E-state index is 12.9. The minimum absolute atomic E-state index is 0.0567. The van der Waals surface area contributed by atoms with Gasteiger partial charge in [0.2, 0.25) is 0 Å². The van der Waals surface area contributed by atoms with E-state index in [-0.39, 0.29) is 5.91 Å². The van der Waals surface area contributed by atoms with Gasteiger partial charge in [0, 0.05) is 19.2 Å². The lowest BCUT2D eigenvalue weighted by Crippen LogP contribution is -2.26. The van der Waals surface area contributed by atoms with Crippen LogP contribution in [0.3, 0.4) is 0 Å². The quantitative estimate of drug-likeness (QED) is 0.408. The summed E-state index contributed by atoms with van der Waals surface area (Å²) in [6.07, 6.45) is 6.55. The van der Waals surface area contributed by atoms with Crippen molar-refractivity contribution in [1.29, 1.82) is 0 Å². The van der Waals surface area contributed by atoms with Crippen LogP contribution >= 0.6 is 15.9 Å². The van der Waals surface area contributed by atoms with Gasteiger partial charge >= 0.3 is 0 Å². The average Bonchev–Trinajstić information content (AvgIpc) is 2.79. The van der Waals surface area contributed by atoms with Crippen LogP contribution in [0.1, 0.15) is 59.5 Å². The molecule has 0 unspecified atom stereocenters. The number of nitrogens with zero attached hydrogens (tertiary/aromatic N) is 1. The molecule has 1 saturated carbocycles. The zero-order valence-corrected chi connectivity index (χ0v) is 19.2. The Balaban J connectivity index is 1.46. The lowest BCUT2D eigenvalue weighted by Gasteiger charge is -2.22. The number of amides is 1. The molecule has 0 heterocycles. The van der Waals surface area contributed by atoms with Gasteiger partial charge in [-0.1, -0.05) is 49.6 Å². The van der Waals surface area contributed by atoms with Gasteiger partial charge in [0.15, 0.2) is 0 Å². The first-order chi connectivity index (χ1) is 14.6. The lowest BCUT2D eigenvalue weighted by molar-refractivity contribution is 0.0785. The third kappa shape index (κ3) is 4.39. The minimum atomic E-state index is 0.0567. The molecular weight excluding hydrogens is 438 g/mol. The molecule has 156 valence electrons. The molecule has 0 N–H and O–H groups in total. The molecule has 0 saturated heterocycles. The summed E-state index contributed by atoms with van der Waals surface area (Å²) in [5.74, 6) is 1.54. The van der Waals surface area contributed by atoms with E-state index in [2.05, 4.69) is 46.3 Å². The van der Waals surface area contributed by atoms with Crippen LogP contribution in [0.4, 0.5) is 0 Å². The van der Waals surface area contributed by atoms with Crippen molar-refractivity contribution in [2.24, 2.45) is 0 Å². The first-order valence-corrected chi connectivity index (χ1v) is 11.5. The maximum absolute atomic E-state index is 12.9. The standard InChI is InChI=1S/C26H28BrNO2/c1-28(17-18-8-14-23-22(16-18)13-15-24(30-2)25(23)27)26(29)21-11-9-20(10-12-21)19-6-4-3-5-7-19/h8-16,19H,3-7,17H2,1-2H3. The van der Waals surface area contributed by atoms with Gasteiger partial charge in [-0.25, -0.2) is 0 Å². The topological polar surface area (TPSA) is 29.5 Å². The number of halogens is 1. The highest BCUT2D eigenvalue weighted by molar-refractivity contribution is 9.10. The first kappa shape index (κ1) is 20.9. The van der Waals surface area contributed by atoms with E-state index in [1.807, 2.05) is 31.3 Å². The fourth-order valence-electron chi connectivity index (χ4n) is 4.48. The molecule has 0 radical (unpaired) electrons. The van der Waals surface area contributed by atoms with Crippen LogP contribution < -0.4 is 4.74 Å². The van der Waals surface area contributed by atoms with E-state index in [4.69, 9.17) is 4.74 Å². The predicted molar refractivity (Wildman–Crippen MR) is 126 cm³/mol. The molecule has 1 aliphatic carbocycles. The van der Waals surface area contributed by atoms with E-state index in [1.54, 1.807) is 12.0 Å². The van der Waals surface area contributed by atoms with Crippen molar-refractivity contribution >= 4 is 32.6 Å². The van der Waals surface area contributed by atoms with Crippen molar-refractivity contribution in [2.45, 2.75) is 44.6 Å². The Morgan fingerprint density at radius 2 is 1.77 bits per heavy atom. The molecule has 3 nitrogen and oxygen atoms in total. The Hall–Kier alpha value is -2.33. The number of hydrogen-bond donors (Lipinski definition) is 0.